The van der Waals surface area contributed by atoms with Gasteiger partial charge in [0.15, 0.2) is 0 Å². The summed E-state index contributed by atoms with van der Waals surface area (Å²) in [7, 11) is 1.87. The van der Waals surface area contributed by atoms with E-state index in [1.165, 1.54) is 0 Å². The van der Waals surface area contributed by atoms with E-state index in [0.717, 1.165) is 5.56 Å². The van der Waals surface area contributed by atoms with Crippen LogP contribution in [-0.2, 0) is 25.6 Å². The number of nitriles is 2. The fourth-order valence-corrected chi connectivity index (χ4v) is 4.50. The van der Waals surface area contributed by atoms with Crippen LogP contribution < -0.4 is 5.32 Å². The summed E-state index contributed by atoms with van der Waals surface area (Å²) in [4.78, 5) is 28.4. The summed E-state index contributed by atoms with van der Waals surface area (Å²) in [5, 5.41) is 23.3. The Bertz CT molecular complexity index is 1390. The second-order valence-electron chi connectivity index (χ2n) is 8.54. The topological polar surface area (TPSA) is 115 Å². The molecule has 3 rings (SSSR count). The van der Waals surface area contributed by atoms with Crippen LogP contribution in [0.3, 0.4) is 0 Å². The minimum Gasteiger partial charge on any atom is -0.463 e. The number of carbonyl (C=O) groups excluding carboxylic acids is 2. The molecule has 1 atom stereocenters. The molecule has 1 aliphatic rings. The summed E-state index contributed by atoms with van der Waals surface area (Å²) in [6.45, 7) is 4.36. The average Bonchev–Trinajstić information content (AvgIpc) is 2.89. The Morgan fingerprint density at radius 2 is 1.74 bits per heavy atom. The van der Waals surface area contributed by atoms with Gasteiger partial charge in [-0.25, -0.2) is 9.59 Å². The van der Waals surface area contributed by atoms with Gasteiger partial charge in [-0.3, -0.25) is 4.90 Å². The Kier molecular flexibility index (Phi) is 9.92. The Morgan fingerprint density at radius 3 is 2.39 bits per heavy atom. The van der Waals surface area contributed by atoms with Crippen LogP contribution in [0.1, 0.15) is 36.5 Å². The number of allylic oxidation sites excluding steroid dienone is 2. The van der Waals surface area contributed by atoms with E-state index in [2.05, 4.69) is 11.4 Å². The highest BCUT2D eigenvalue weighted by Gasteiger charge is 2.40. The van der Waals surface area contributed by atoms with Crippen LogP contribution in [0.5, 0.6) is 0 Å². The average molecular weight is 553 g/mol. The van der Waals surface area contributed by atoms with Crippen molar-refractivity contribution in [3.05, 3.63) is 91.7 Å². The molecule has 8 nitrogen and oxygen atoms in total. The third-order valence-electron chi connectivity index (χ3n) is 5.93. The van der Waals surface area contributed by atoms with Crippen molar-refractivity contribution in [2.45, 2.75) is 26.3 Å². The standard InChI is InChI=1S/C28H26Cl2N4O4/c1-4-37-28(36)26-23(15-32)33-17(2)24(25(26)20-8-6-5-7-19(20)14-31)27(35)38-12-11-34(3)16-18-9-10-21(29)22(30)13-18/h5-10,13,25,33H,4,11-12,16H2,1-3H3. The molecule has 1 unspecified atom stereocenters. The first-order chi connectivity index (χ1) is 18.2. The third-order valence-corrected chi connectivity index (χ3v) is 6.66. The van der Waals surface area contributed by atoms with Crippen molar-refractivity contribution in [3.8, 4) is 12.1 Å². The minimum absolute atomic E-state index is 0.0448. The van der Waals surface area contributed by atoms with Gasteiger partial charge in [0.2, 0.25) is 0 Å². The highest BCUT2D eigenvalue weighted by molar-refractivity contribution is 6.42. The zero-order chi connectivity index (χ0) is 27.8. The number of nitrogens with zero attached hydrogens (tertiary/aromatic N) is 3. The first kappa shape index (κ1) is 28.7. The highest BCUT2D eigenvalue weighted by atomic mass is 35.5. The van der Waals surface area contributed by atoms with Crippen LogP contribution in [0.25, 0.3) is 0 Å². The molecule has 0 spiro atoms. The number of likely N-dealkylation sites (N-methyl/N-ethyl adjacent to an activating group) is 1. The first-order valence-electron chi connectivity index (χ1n) is 11.8. The van der Waals surface area contributed by atoms with Crippen molar-refractivity contribution in [2.24, 2.45) is 0 Å². The molecule has 0 saturated heterocycles. The number of rotatable bonds is 9. The van der Waals surface area contributed by atoms with Gasteiger partial charge in [-0.15, -0.1) is 0 Å². The van der Waals surface area contributed by atoms with Gasteiger partial charge in [-0.2, -0.15) is 10.5 Å². The second-order valence-corrected chi connectivity index (χ2v) is 9.35. The van der Waals surface area contributed by atoms with Gasteiger partial charge < -0.3 is 14.8 Å². The summed E-state index contributed by atoms with van der Waals surface area (Å²) in [6.07, 6.45) is 0. The van der Waals surface area contributed by atoms with Crippen molar-refractivity contribution in [1.82, 2.24) is 10.2 Å². The fraction of sp³-hybridized carbons (Fsp3) is 0.286. The molecule has 38 heavy (non-hydrogen) atoms. The molecule has 10 heteroatoms. The van der Waals surface area contributed by atoms with Gasteiger partial charge >= 0.3 is 11.9 Å². The predicted molar refractivity (Wildman–Crippen MR) is 143 cm³/mol. The molecule has 2 aromatic carbocycles. The Morgan fingerprint density at radius 1 is 1.03 bits per heavy atom. The summed E-state index contributed by atoms with van der Waals surface area (Å²) >= 11 is 12.1. The molecule has 1 aliphatic heterocycles. The van der Waals surface area contributed by atoms with Crippen LogP contribution >= 0.6 is 23.2 Å². The number of carbonyl (C=O) groups is 2. The normalized spacial score (nSPS) is 15.0. The molecular formula is C28H26Cl2N4O4. The second kappa shape index (κ2) is 13.1. The fourth-order valence-electron chi connectivity index (χ4n) is 4.18. The first-order valence-corrected chi connectivity index (χ1v) is 12.5. The quantitative estimate of drug-likeness (QED) is 0.439. The maximum atomic E-state index is 13.4. The van der Waals surface area contributed by atoms with E-state index in [1.807, 2.05) is 24.1 Å². The van der Waals surface area contributed by atoms with E-state index in [1.54, 1.807) is 50.2 Å². The zero-order valence-electron chi connectivity index (χ0n) is 21.2. The van der Waals surface area contributed by atoms with Crippen molar-refractivity contribution in [1.29, 1.82) is 10.5 Å². The number of halogens is 2. The molecular weight excluding hydrogens is 527 g/mol. The number of nitrogens with one attached hydrogen (secondary N) is 1. The molecule has 0 fully saturated rings. The monoisotopic (exact) mass is 552 g/mol. The molecule has 0 radical (unpaired) electrons. The van der Waals surface area contributed by atoms with Crippen LogP contribution in [0.2, 0.25) is 10.0 Å². The number of hydrogen-bond donors (Lipinski definition) is 1. The molecule has 196 valence electrons. The van der Waals surface area contributed by atoms with E-state index in [9.17, 15) is 20.1 Å². The maximum Gasteiger partial charge on any atom is 0.337 e. The van der Waals surface area contributed by atoms with Crippen LogP contribution in [0.4, 0.5) is 0 Å². The number of dihydropyridines is 1. The van der Waals surface area contributed by atoms with E-state index >= 15 is 0 Å². The van der Waals surface area contributed by atoms with Crippen molar-refractivity contribution < 1.29 is 19.1 Å². The summed E-state index contributed by atoms with van der Waals surface area (Å²) in [5.41, 5.74) is 1.99. The molecule has 1 heterocycles. The largest absolute Gasteiger partial charge is 0.463 e. The lowest BCUT2D eigenvalue weighted by molar-refractivity contribution is -0.140. The summed E-state index contributed by atoms with van der Waals surface area (Å²) in [5.74, 6) is -2.45. The van der Waals surface area contributed by atoms with E-state index < -0.39 is 17.9 Å². The lowest BCUT2D eigenvalue weighted by Crippen LogP contribution is -2.34. The van der Waals surface area contributed by atoms with E-state index in [-0.39, 0.29) is 35.6 Å². The van der Waals surface area contributed by atoms with Gasteiger partial charge in [0.1, 0.15) is 18.4 Å². The lowest BCUT2D eigenvalue weighted by atomic mass is 9.78. The van der Waals surface area contributed by atoms with Gasteiger partial charge in [0, 0.05) is 18.8 Å². The highest BCUT2D eigenvalue weighted by Crippen LogP contribution is 2.40. The molecule has 0 aromatic heterocycles. The maximum absolute atomic E-state index is 13.4. The van der Waals surface area contributed by atoms with Crippen LogP contribution in [0, 0.1) is 22.7 Å². The van der Waals surface area contributed by atoms with Crippen molar-refractivity contribution >= 4 is 35.1 Å². The van der Waals surface area contributed by atoms with E-state index in [0.29, 0.717) is 34.4 Å². The summed E-state index contributed by atoms with van der Waals surface area (Å²) in [6, 6.07) is 16.1. The molecule has 1 N–H and O–H groups in total. The summed E-state index contributed by atoms with van der Waals surface area (Å²) < 4.78 is 10.8. The van der Waals surface area contributed by atoms with Crippen LogP contribution in [-0.4, -0.2) is 43.6 Å². The third kappa shape index (κ3) is 6.54. The predicted octanol–water partition coefficient (Wildman–Crippen LogP) is 4.84. The van der Waals surface area contributed by atoms with Gasteiger partial charge in [-0.05, 0) is 50.2 Å². The van der Waals surface area contributed by atoms with E-state index in [4.69, 9.17) is 32.7 Å². The molecule has 0 aliphatic carbocycles. The zero-order valence-corrected chi connectivity index (χ0v) is 22.7. The minimum atomic E-state index is -1.03. The number of ether oxygens (including phenoxy) is 2. The van der Waals surface area contributed by atoms with Crippen LogP contribution in [0.15, 0.2) is 65.0 Å². The van der Waals surface area contributed by atoms with Crippen molar-refractivity contribution in [2.75, 3.05) is 26.8 Å². The Hall–Kier alpha value is -3.82. The Labute approximate surface area is 231 Å². The Balaban J connectivity index is 1.86. The SMILES string of the molecule is CCOC(=O)C1=C(C#N)NC(C)=C(C(=O)OCCN(C)Cc2ccc(Cl)c(Cl)c2)C1c1ccccc1C#N. The van der Waals surface area contributed by atoms with Gasteiger partial charge in [0.25, 0.3) is 0 Å². The van der Waals surface area contributed by atoms with Gasteiger partial charge in [0.05, 0.1) is 45.3 Å². The number of hydrogen-bond acceptors (Lipinski definition) is 8. The molecule has 0 bridgehead atoms. The smallest absolute Gasteiger partial charge is 0.337 e. The molecule has 2 aromatic rings. The molecule has 0 amide bonds. The lowest BCUT2D eigenvalue weighted by Gasteiger charge is -2.30. The van der Waals surface area contributed by atoms with Crippen molar-refractivity contribution in [3.63, 3.8) is 0 Å². The number of benzene rings is 2. The molecule has 0 saturated carbocycles. The van der Waals surface area contributed by atoms with Gasteiger partial charge in [-0.1, -0.05) is 47.5 Å². The number of esters is 2.